The van der Waals surface area contributed by atoms with Gasteiger partial charge in [0.25, 0.3) is 0 Å². The molecule has 6 nitrogen and oxygen atoms in total. The third-order valence-corrected chi connectivity index (χ3v) is 4.28. The SMILES string of the molecule is CCCN(CCC)C(=O)CO[C@H](C)[C@@H](C)OCC(=O)N(CCC)CCC. The van der Waals surface area contributed by atoms with E-state index >= 15 is 0 Å². The monoisotopic (exact) mass is 372 g/mol. The molecule has 0 aliphatic carbocycles. The molecule has 0 saturated carbocycles. The quantitative estimate of drug-likeness (QED) is 0.443. The van der Waals surface area contributed by atoms with Crippen molar-refractivity contribution in [3.8, 4) is 0 Å². The second kappa shape index (κ2) is 15.0. The first-order valence-electron chi connectivity index (χ1n) is 10.2. The molecule has 0 N–H and O–H groups in total. The number of hydrogen-bond donors (Lipinski definition) is 0. The van der Waals surface area contributed by atoms with Crippen molar-refractivity contribution in [1.82, 2.24) is 9.80 Å². The molecule has 0 bridgehead atoms. The molecular weight excluding hydrogens is 332 g/mol. The van der Waals surface area contributed by atoms with Gasteiger partial charge in [-0.1, -0.05) is 27.7 Å². The van der Waals surface area contributed by atoms with E-state index < -0.39 is 0 Å². The first-order valence-corrected chi connectivity index (χ1v) is 10.2. The molecule has 0 heterocycles. The first kappa shape index (κ1) is 24.9. The molecule has 0 aliphatic rings. The van der Waals surface area contributed by atoms with Crippen LogP contribution < -0.4 is 0 Å². The zero-order valence-electron chi connectivity index (χ0n) is 17.8. The van der Waals surface area contributed by atoms with E-state index in [1.165, 1.54) is 0 Å². The summed E-state index contributed by atoms with van der Waals surface area (Å²) in [5.74, 6) is 0.0294. The zero-order chi connectivity index (χ0) is 19.9. The van der Waals surface area contributed by atoms with Crippen LogP contribution in [0.15, 0.2) is 0 Å². The summed E-state index contributed by atoms with van der Waals surface area (Å²) in [4.78, 5) is 28.2. The maximum absolute atomic E-state index is 12.2. The number of rotatable bonds is 15. The number of carbonyl (C=O) groups is 2. The fourth-order valence-electron chi connectivity index (χ4n) is 2.66. The van der Waals surface area contributed by atoms with Gasteiger partial charge in [0.05, 0.1) is 12.2 Å². The lowest BCUT2D eigenvalue weighted by atomic mass is 10.2. The Kier molecular flexibility index (Phi) is 14.3. The van der Waals surface area contributed by atoms with Crippen LogP contribution in [-0.4, -0.2) is 73.2 Å². The molecule has 0 spiro atoms. The summed E-state index contributed by atoms with van der Waals surface area (Å²) in [6, 6.07) is 0. The van der Waals surface area contributed by atoms with E-state index in [9.17, 15) is 9.59 Å². The minimum absolute atomic E-state index is 0.0147. The van der Waals surface area contributed by atoms with Crippen molar-refractivity contribution in [2.45, 2.75) is 79.4 Å². The molecule has 154 valence electrons. The molecule has 2 atom stereocenters. The summed E-state index contributed by atoms with van der Waals surface area (Å²) < 4.78 is 11.4. The molecular formula is C20H40N2O4. The van der Waals surface area contributed by atoms with E-state index in [-0.39, 0.29) is 37.2 Å². The molecule has 0 aliphatic heterocycles. The highest BCUT2D eigenvalue weighted by atomic mass is 16.5. The van der Waals surface area contributed by atoms with Gasteiger partial charge in [0.2, 0.25) is 11.8 Å². The van der Waals surface area contributed by atoms with Gasteiger partial charge in [-0.05, 0) is 39.5 Å². The summed E-state index contributed by atoms with van der Waals surface area (Å²) in [6.45, 7) is 15.2. The molecule has 0 aromatic rings. The highest BCUT2D eigenvalue weighted by molar-refractivity contribution is 5.77. The third kappa shape index (κ3) is 10.1. The van der Waals surface area contributed by atoms with Gasteiger partial charge >= 0.3 is 0 Å². The molecule has 6 heteroatoms. The summed E-state index contributed by atoms with van der Waals surface area (Å²) in [6.07, 6.45) is 3.26. The predicted octanol–water partition coefficient (Wildman–Crippen LogP) is 3.09. The average molecular weight is 373 g/mol. The smallest absolute Gasteiger partial charge is 0.248 e. The molecule has 2 amide bonds. The first-order chi connectivity index (χ1) is 12.4. The minimum atomic E-state index is -0.248. The van der Waals surface area contributed by atoms with Crippen LogP contribution >= 0.6 is 0 Å². The van der Waals surface area contributed by atoms with Crippen molar-refractivity contribution in [2.75, 3.05) is 39.4 Å². The summed E-state index contributed by atoms with van der Waals surface area (Å²) in [5.41, 5.74) is 0. The summed E-state index contributed by atoms with van der Waals surface area (Å²) >= 11 is 0. The van der Waals surface area contributed by atoms with Gasteiger partial charge in [-0.25, -0.2) is 0 Å². The van der Waals surface area contributed by atoms with Crippen LogP contribution in [0.25, 0.3) is 0 Å². The van der Waals surface area contributed by atoms with Gasteiger partial charge in [-0.3, -0.25) is 9.59 Å². The maximum atomic E-state index is 12.2. The standard InChI is InChI=1S/C20H40N2O4/c1-7-11-21(12-8-2)19(23)15-25-17(5)18(6)26-16-20(24)22(13-9-3)14-10-4/h17-18H,7-16H2,1-6H3/t17-,18-/m1/s1. The van der Waals surface area contributed by atoms with Crippen molar-refractivity contribution in [2.24, 2.45) is 0 Å². The topological polar surface area (TPSA) is 59.1 Å². The Morgan fingerprint density at radius 1 is 0.654 bits per heavy atom. The molecule has 0 rings (SSSR count). The van der Waals surface area contributed by atoms with Gasteiger partial charge < -0.3 is 19.3 Å². The van der Waals surface area contributed by atoms with E-state index in [1.54, 1.807) is 0 Å². The molecule has 0 saturated heterocycles. The fraction of sp³-hybridized carbons (Fsp3) is 0.900. The lowest BCUT2D eigenvalue weighted by Gasteiger charge is -2.26. The Hall–Kier alpha value is -1.14. The third-order valence-electron chi connectivity index (χ3n) is 4.28. The van der Waals surface area contributed by atoms with Crippen LogP contribution in [0, 0.1) is 0 Å². The number of hydrogen-bond acceptors (Lipinski definition) is 4. The number of nitrogens with zero attached hydrogens (tertiary/aromatic N) is 2. The van der Waals surface area contributed by atoms with E-state index in [4.69, 9.17) is 9.47 Å². The molecule has 0 radical (unpaired) electrons. The Morgan fingerprint density at radius 2 is 0.923 bits per heavy atom. The summed E-state index contributed by atoms with van der Waals surface area (Å²) in [5, 5.41) is 0. The molecule has 0 aromatic heterocycles. The van der Waals surface area contributed by atoms with Crippen LogP contribution in [0.2, 0.25) is 0 Å². The molecule has 0 aromatic carbocycles. The Balaban J connectivity index is 4.31. The number of carbonyl (C=O) groups excluding carboxylic acids is 2. The molecule has 26 heavy (non-hydrogen) atoms. The Labute approximate surface area is 160 Å². The number of ether oxygens (including phenoxy) is 2. The zero-order valence-corrected chi connectivity index (χ0v) is 17.8. The van der Waals surface area contributed by atoms with Crippen molar-refractivity contribution in [1.29, 1.82) is 0 Å². The van der Waals surface area contributed by atoms with Crippen molar-refractivity contribution in [3.63, 3.8) is 0 Å². The van der Waals surface area contributed by atoms with Crippen molar-refractivity contribution >= 4 is 11.8 Å². The maximum Gasteiger partial charge on any atom is 0.248 e. The predicted molar refractivity (Wildman–Crippen MR) is 105 cm³/mol. The highest BCUT2D eigenvalue weighted by Gasteiger charge is 2.20. The van der Waals surface area contributed by atoms with Crippen LogP contribution in [0.3, 0.4) is 0 Å². The van der Waals surface area contributed by atoms with Crippen molar-refractivity contribution < 1.29 is 19.1 Å². The Morgan fingerprint density at radius 3 is 1.15 bits per heavy atom. The lowest BCUT2D eigenvalue weighted by Crippen LogP contribution is -2.39. The fourth-order valence-corrected chi connectivity index (χ4v) is 2.66. The van der Waals surface area contributed by atoms with E-state index in [0.717, 1.165) is 51.9 Å². The van der Waals surface area contributed by atoms with E-state index in [2.05, 4.69) is 27.7 Å². The average Bonchev–Trinajstić information content (AvgIpc) is 2.63. The van der Waals surface area contributed by atoms with Crippen LogP contribution in [-0.2, 0) is 19.1 Å². The Bertz CT molecular complexity index is 342. The van der Waals surface area contributed by atoms with E-state index in [0.29, 0.717) is 0 Å². The second-order valence-corrected chi connectivity index (χ2v) is 6.79. The lowest BCUT2D eigenvalue weighted by molar-refractivity contribution is -0.147. The van der Waals surface area contributed by atoms with Crippen LogP contribution in [0.1, 0.15) is 67.2 Å². The second-order valence-electron chi connectivity index (χ2n) is 6.79. The highest BCUT2D eigenvalue weighted by Crippen LogP contribution is 2.06. The van der Waals surface area contributed by atoms with Gasteiger partial charge in [0.1, 0.15) is 13.2 Å². The molecule has 0 fully saturated rings. The van der Waals surface area contributed by atoms with Crippen LogP contribution in [0.5, 0.6) is 0 Å². The van der Waals surface area contributed by atoms with Gasteiger partial charge in [0.15, 0.2) is 0 Å². The van der Waals surface area contributed by atoms with Gasteiger partial charge in [0, 0.05) is 26.2 Å². The normalized spacial score (nSPS) is 13.3. The van der Waals surface area contributed by atoms with E-state index in [1.807, 2.05) is 23.6 Å². The largest absolute Gasteiger partial charge is 0.366 e. The molecule has 0 unspecified atom stereocenters. The van der Waals surface area contributed by atoms with Gasteiger partial charge in [-0.2, -0.15) is 0 Å². The number of amides is 2. The minimum Gasteiger partial charge on any atom is -0.366 e. The summed E-state index contributed by atoms with van der Waals surface area (Å²) in [7, 11) is 0. The van der Waals surface area contributed by atoms with Crippen molar-refractivity contribution in [3.05, 3.63) is 0 Å². The van der Waals surface area contributed by atoms with Gasteiger partial charge in [-0.15, -0.1) is 0 Å². The van der Waals surface area contributed by atoms with Crippen LogP contribution in [0.4, 0.5) is 0 Å².